The van der Waals surface area contributed by atoms with Crippen LogP contribution in [0.3, 0.4) is 0 Å². The summed E-state index contributed by atoms with van der Waals surface area (Å²) in [6.07, 6.45) is 8.01. The normalized spacial score (nSPS) is 21.3. The van der Waals surface area contributed by atoms with Gasteiger partial charge in [0.25, 0.3) is 0 Å². The highest BCUT2D eigenvalue weighted by Crippen LogP contribution is 2.42. The van der Waals surface area contributed by atoms with Gasteiger partial charge in [0.05, 0.1) is 11.2 Å². The van der Waals surface area contributed by atoms with Crippen LogP contribution >= 0.6 is 0 Å². The number of anilines is 1. The van der Waals surface area contributed by atoms with Crippen LogP contribution in [0.5, 0.6) is 0 Å². The smallest absolute Gasteiger partial charge is 0.164 e. The second-order valence-corrected chi connectivity index (χ2v) is 10.3. The van der Waals surface area contributed by atoms with Crippen LogP contribution < -0.4 is 5.32 Å². The van der Waals surface area contributed by atoms with Crippen molar-refractivity contribution in [3.8, 4) is 22.6 Å². The number of nitrogens with zero attached hydrogens (tertiary/aromatic N) is 2. The van der Waals surface area contributed by atoms with E-state index in [1.165, 1.54) is 38.2 Å². The Labute approximate surface area is 207 Å². The molecule has 0 radical (unpaired) electrons. The predicted octanol–water partition coefficient (Wildman–Crippen LogP) is 7.71. The lowest BCUT2D eigenvalue weighted by molar-refractivity contribution is 0.157. The molecule has 2 N–H and O–H groups in total. The first-order chi connectivity index (χ1) is 17.6. The standard InChI is InChI=1S/C30H26F2N4/c31-22-13-23-24(16-33-29(23)25(32)14-22)30-35-27(21-10-9-18-3-1-2-4-20(18)12-21)15-28(36-30)34-26-11-17-5-7-19(26)8-6-17/h1-4,9-10,12-17,19,26,33H,5-8,11H2,(H,34,35,36). The highest BCUT2D eigenvalue weighted by molar-refractivity contribution is 5.95. The fraction of sp³-hybridized carbons (Fsp3) is 0.267. The van der Waals surface area contributed by atoms with E-state index in [0.29, 0.717) is 28.7 Å². The van der Waals surface area contributed by atoms with E-state index < -0.39 is 11.6 Å². The maximum atomic E-state index is 14.4. The lowest BCUT2D eigenvalue weighted by atomic mass is 9.68. The molecule has 3 aromatic carbocycles. The molecule has 3 fully saturated rings. The third-order valence-electron chi connectivity index (χ3n) is 8.10. The Hall–Kier alpha value is -3.80. The van der Waals surface area contributed by atoms with E-state index in [2.05, 4.69) is 40.6 Å². The summed E-state index contributed by atoms with van der Waals surface area (Å²) in [6, 6.07) is 19.1. The summed E-state index contributed by atoms with van der Waals surface area (Å²) < 4.78 is 28.5. The quantitative estimate of drug-likeness (QED) is 0.277. The first kappa shape index (κ1) is 21.5. The van der Waals surface area contributed by atoms with Crippen molar-refractivity contribution < 1.29 is 8.78 Å². The number of nitrogens with one attached hydrogen (secondary N) is 2. The lowest BCUT2D eigenvalue weighted by Crippen LogP contribution is -2.40. The van der Waals surface area contributed by atoms with Crippen molar-refractivity contribution >= 4 is 27.5 Å². The van der Waals surface area contributed by atoms with E-state index in [1.807, 2.05) is 18.2 Å². The molecule has 1 atom stereocenters. The van der Waals surface area contributed by atoms with E-state index in [-0.39, 0.29) is 5.52 Å². The van der Waals surface area contributed by atoms with Gasteiger partial charge >= 0.3 is 0 Å². The minimum absolute atomic E-state index is 0.255. The van der Waals surface area contributed by atoms with E-state index in [0.717, 1.165) is 39.8 Å². The number of benzene rings is 3. The zero-order valence-electron chi connectivity index (χ0n) is 19.8. The number of halogens is 2. The number of aromatic amines is 1. The van der Waals surface area contributed by atoms with Crippen LogP contribution in [0.2, 0.25) is 0 Å². The molecule has 3 aliphatic rings. The molecule has 2 bridgehead atoms. The first-order valence-electron chi connectivity index (χ1n) is 12.7. The van der Waals surface area contributed by atoms with Gasteiger partial charge < -0.3 is 10.3 Å². The maximum absolute atomic E-state index is 14.4. The van der Waals surface area contributed by atoms with Crippen LogP contribution in [0, 0.1) is 23.5 Å². The molecule has 3 aliphatic carbocycles. The largest absolute Gasteiger partial charge is 0.367 e. The number of aromatic nitrogens is 3. The number of fused-ring (bicyclic) bond motifs is 5. The molecule has 5 aromatic rings. The minimum Gasteiger partial charge on any atom is -0.367 e. The summed E-state index contributed by atoms with van der Waals surface area (Å²) in [6.45, 7) is 0. The second kappa shape index (κ2) is 8.40. The Kier molecular flexibility index (Phi) is 5.01. The maximum Gasteiger partial charge on any atom is 0.164 e. The molecule has 0 aliphatic heterocycles. The molecule has 0 spiro atoms. The average Bonchev–Trinajstić information content (AvgIpc) is 3.33. The predicted molar refractivity (Wildman–Crippen MR) is 140 cm³/mol. The van der Waals surface area contributed by atoms with Crippen LogP contribution in [-0.4, -0.2) is 21.0 Å². The molecular formula is C30H26F2N4. The zero-order chi connectivity index (χ0) is 24.2. The van der Waals surface area contributed by atoms with E-state index in [4.69, 9.17) is 9.97 Å². The van der Waals surface area contributed by atoms with Gasteiger partial charge in [0.15, 0.2) is 5.82 Å². The van der Waals surface area contributed by atoms with Crippen molar-refractivity contribution in [1.29, 1.82) is 0 Å². The van der Waals surface area contributed by atoms with Gasteiger partial charge in [-0.15, -0.1) is 0 Å². The van der Waals surface area contributed by atoms with Crippen molar-refractivity contribution in [1.82, 2.24) is 15.0 Å². The number of rotatable bonds is 4. The van der Waals surface area contributed by atoms with Gasteiger partial charge in [-0.05, 0) is 54.0 Å². The molecule has 6 heteroatoms. The van der Waals surface area contributed by atoms with Crippen molar-refractivity contribution in [3.63, 3.8) is 0 Å². The van der Waals surface area contributed by atoms with Crippen molar-refractivity contribution in [2.75, 3.05) is 5.32 Å². The zero-order valence-corrected chi connectivity index (χ0v) is 19.8. The third kappa shape index (κ3) is 3.72. The van der Waals surface area contributed by atoms with Crippen LogP contribution in [0.1, 0.15) is 32.1 Å². The molecular weight excluding hydrogens is 454 g/mol. The van der Waals surface area contributed by atoms with E-state index in [9.17, 15) is 8.78 Å². The molecule has 3 saturated carbocycles. The summed E-state index contributed by atoms with van der Waals surface area (Å²) in [7, 11) is 0. The van der Waals surface area contributed by atoms with Gasteiger partial charge in [-0.2, -0.15) is 0 Å². The summed E-state index contributed by atoms with van der Waals surface area (Å²) in [4.78, 5) is 12.7. The summed E-state index contributed by atoms with van der Waals surface area (Å²) in [5.41, 5.74) is 2.59. The van der Waals surface area contributed by atoms with Gasteiger partial charge in [-0.1, -0.05) is 49.2 Å². The molecule has 0 amide bonds. The topological polar surface area (TPSA) is 53.6 Å². The van der Waals surface area contributed by atoms with E-state index in [1.54, 1.807) is 6.20 Å². The van der Waals surface area contributed by atoms with Gasteiger partial charge in [0.2, 0.25) is 0 Å². The SMILES string of the molecule is Fc1cc(F)c2[nH]cc(-c3nc(NC4CC5CCC4CC5)cc(-c4ccc5ccccc5c4)n3)c2c1. The average molecular weight is 481 g/mol. The molecule has 180 valence electrons. The highest BCUT2D eigenvalue weighted by atomic mass is 19.1. The Balaban J connectivity index is 1.36. The molecule has 36 heavy (non-hydrogen) atoms. The molecule has 8 rings (SSSR count). The monoisotopic (exact) mass is 480 g/mol. The van der Waals surface area contributed by atoms with Gasteiger partial charge in [-0.25, -0.2) is 18.7 Å². The van der Waals surface area contributed by atoms with Crippen LogP contribution in [0.15, 0.2) is 66.9 Å². The van der Waals surface area contributed by atoms with Crippen LogP contribution in [0.25, 0.3) is 44.3 Å². The van der Waals surface area contributed by atoms with E-state index >= 15 is 0 Å². The van der Waals surface area contributed by atoms with Gasteiger partial charge in [-0.3, -0.25) is 0 Å². The Morgan fingerprint density at radius 1 is 0.861 bits per heavy atom. The number of hydrogen-bond donors (Lipinski definition) is 2. The molecule has 2 aromatic heterocycles. The Morgan fingerprint density at radius 2 is 1.69 bits per heavy atom. The fourth-order valence-electron chi connectivity index (χ4n) is 6.22. The van der Waals surface area contributed by atoms with Gasteiger partial charge in [0, 0.05) is 40.9 Å². The molecule has 2 heterocycles. The van der Waals surface area contributed by atoms with Crippen LogP contribution in [-0.2, 0) is 0 Å². The number of hydrogen-bond acceptors (Lipinski definition) is 3. The van der Waals surface area contributed by atoms with Crippen molar-refractivity contribution in [2.45, 2.75) is 38.1 Å². The number of H-pyrrole nitrogens is 1. The highest BCUT2D eigenvalue weighted by Gasteiger charge is 2.35. The molecule has 0 saturated heterocycles. The summed E-state index contributed by atoms with van der Waals surface area (Å²) >= 11 is 0. The summed E-state index contributed by atoms with van der Waals surface area (Å²) in [5.74, 6) is 1.40. The minimum atomic E-state index is -0.626. The second-order valence-electron chi connectivity index (χ2n) is 10.3. The van der Waals surface area contributed by atoms with Crippen LogP contribution in [0.4, 0.5) is 14.6 Å². The first-order valence-corrected chi connectivity index (χ1v) is 12.7. The van der Waals surface area contributed by atoms with Crippen molar-refractivity contribution in [3.05, 3.63) is 78.5 Å². The van der Waals surface area contributed by atoms with Crippen molar-refractivity contribution in [2.24, 2.45) is 11.8 Å². The molecule has 1 unspecified atom stereocenters. The lowest BCUT2D eigenvalue weighted by Gasteiger charge is -2.42. The third-order valence-corrected chi connectivity index (χ3v) is 8.10. The van der Waals surface area contributed by atoms with Gasteiger partial charge in [0.1, 0.15) is 17.5 Å². The Bertz CT molecular complexity index is 1600. The summed E-state index contributed by atoms with van der Waals surface area (Å²) in [5, 5.41) is 6.45. The fourth-order valence-corrected chi connectivity index (χ4v) is 6.22. The Morgan fingerprint density at radius 3 is 2.50 bits per heavy atom. The molecule has 4 nitrogen and oxygen atoms in total.